The molecule has 0 aliphatic rings. The van der Waals surface area contributed by atoms with E-state index in [-0.39, 0.29) is 0 Å². The van der Waals surface area contributed by atoms with Gasteiger partial charge in [0, 0.05) is 29.6 Å². The van der Waals surface area contributed by atoms with Crippen LogP contribution < -0.4 is 0 Å². The Morgan fingerprint density at radius 1 is 1.08 bits per heavy atom. The average Bonchev–Trinajstić information content (AvgIpc) is 3.31. The third-order valence-electron chi connectivity index (χ3n) is 3.91. The van der Waals surface area contributed by atoms with Crippen molar-refractivity contribution in [3.8, 4) is 22.5 Å². The maximum absolute atomic E-state index is 5.11. The van der Waals surface area contributed by atoms with Gasteiger partial charge in [-0.3, -0.25) is 4.68 Å². The van der Waals surface area contributed by atoms with Crippen LogP contribution in [0.15, 0.2) is 64.5 Å². The van der Waals surface area contributed by atoms with Crippen molar-refractivity contribution in [2.45, 2.75) is 18.6 Å². The molecule has 0 amide bonds. The molecule has 0 spiro atoms. The van der Waals surface area contributed by atoms with Gasteiger partial charge in [-0.2, -0.15) is 5.10 Å². The summed E-state index contributed by atoms with van der Waals surface area (Å²) in [6.07, 6.45) is 5.70. The largest absolute Gasteiger partial charge is 0.361 e. The number of hydrogen-bond donors (Lipinski definition) is 0. The molecule has 0 radical (unpaired) electrons. The van der Waals surface area contributed by atoms with Gasteiger partial charge in [-0.15, -0.1) is 0 Å². The lowest BCUT2D eigenvalue weighted by Gasteiger charge is -2.04. The van der Waals surface area contributed by atoms with Crippen LogP contribution in [0.5, 0.6) is 0 Å². The van der Waals surface area contributed by atoms with E-state index in [2.05, 4.69) is 26.3 Å². The van der Waals surface area contributed by atoms with Crippen molar-refractivity contribution in [3.05, 3.63) is 66.3 Å². The summed E-state index contributed by atoms with van der Waals surface area (Å²) >= 11 is 1.53. The summed E-state index contributed by atoms with van der Waals surface area (Å²) in [6.45, 7) is 2.46. The minimum absolute atomic E-state index is 0.583. The van der Waals surface area contributed by atoms with E-state index in [1.165, 1.54) is 11.8 Å². The number of hydrogen-bond acceptors (Lipinski definition) is 6. The van der Waals surface area contributed by atoms with Gasteiger partial charge in [0.1, 0.15) is 11.5 Å². The van der Waals surface area contributed by atoms with E-state index in [9.17, 15) is 0 Å². The summed E-state index contributed by atoms with van der Waals surface area (Å²) in [6, 6.07) is 14.0. The van der Waals surface area contributed by atoms with Gasteiger partial charge in [0.25, 0.3) is 0 Å². The molecule has 4 rings (SSSR count). The summed E-state index contributed by atoms with van der Waals surface area (Å²) in [5.74, 6) is 0.801. The molecular formula is C19H17N5OS. The number of aryl methyl sites for hydroxylation is 1. The van der Waals surface area contributed by atoms with Crippen molar-refractivity contribution in [2.24, 2.45) is 0 Å². The highest BCUT2D eigenvalue weighted by atomic mass is 32.2. The number of rotatable bonds is 5. The Kier molecular flexibility index (Phi) is 4.53. The van der Waals surface area contributed by atoms with Gasteiger partial charge < -0.3 is 4.52 Å². The minimum atomic E-state index is 0.583. The first-order valence-corrected chi connectivity index (χ1v) is 9.37. The van der Waals surface area contributed by atoms with E-state index in [4.69, 9.17) is 4.52 Å². The van der Waals surface area contributed by atoms with Crippen molar-refractivity contribution < 1.29 is 4.52 Å². The molecule has 0 aliphatic carbocycles. The number of benzene rings is 1. The number of aromatic nitrogens is 5. The first-order valence-electron chi connectivity index (χ1n) is 8.15. The van der Waals surface area contributed by atoms with Crippen LogP contribution in [0.4, 0.5) is 0 Å². The van der Waals surface area contributed by atoms with Crippen LogP contribution in [-0.4, -0.2) is 31.2 Å². The van der Waals surface area contributed by atoms with Crippen LogP contribution in [0, 0.1) is 6.92 Å². The Morgan fingerprint density at radius 2 is 1.92 bits per heavy atom. The lowest BCUT2D eigenvalue weighted by Crippen LogP contribution is -2.00. The number of thioether (sulfide) groups is 1. The Labute approximate surface area is 155 Å². The van der Waals surface area contributed by atoms with E-state index in [1.54, 1.807) is 6.20 Å². The summed E-state index contributed by atoms with van der Waals surface area (Å²) in [7, 11) is 0. The molecular weight excluding hydrogens is 346 g/mol. The summed E-state index contributed by atoms with van der Waals surface area (Å²) in [5, 5.41) is 9.43. The average molecular weight is 363 g/mol. The van der Waals surface area contributed by atoms with Crippen LogP contribution >= 0.6 is 11.8 Å². The lowest BCUT2D eigenvalue weighted by atomic mass is 10.1. The zero-order valence-corrected chi connectivity index (χ0v) is 15.3. The predicted molar refractivity (Wildman–Crippen MR) is 101 cm³/mol. The molecule has 0 N–H and O–H groups in total. The monoisotopic (exact) mass is 363 g/mol. The fourth-order valence-electron chi connectivity index (χ4n) is 2.70. The van der Waals surface area contributed by atoms with Gasteiger partial charge in [-0.1, -0.05) is 35.1 Å². The Hall–Kier alpha value is -2.93. The maximum Gasteiger partial charge on any atom is 0.187 e. The molecule has 26 heavy (non-hydrogen) atoms. The van der Waals surface area contributed by atoms with Crippen molar-refractivity contribution in [3.63, 3.8) is 0 Å². The van der Waals surface area contributed by atoms with Crippen molar-refractivity contribution >= 4 is 11.8 Å². The van der Waals surface area contributed by atoms with Crippen molar-refractivity contribution in [1.82, 2.24) is 24.9 Å². The Balaban J connectivity index is 1.60. The third kappa shape index (κ3) is 3.52. The molecule has 0 unspecified atom stereocenters. The second kappa shape index (κ2) is 7.13. The predicted octanol–water partition coefficient (Wildman–Crippen LogP) is 4.07. The zero-order valence-electron chi connectivity index (χ0n) is 14.5. The molecule has 0 bridgehead atoms. The molecule has 0 saturated carbocycles. The molecule has 3 aromatic heterocycles. The van der Waals surface area contributed by atoms with Crippen LogP contribution in [-0.2, 0) is 6.54 Å². The smallest absolute Gasteiger partial charge is 0.187 e. The zero-order chi connectivity index (χ0) is 17.9. The SMILES string of the molecule is CSc1nccc(-c2cccc(-c3ccn(Cc4cc(C)on4)n3)c2)n1. The molecule has 6 nitrogen and oxygen atoms in total. The Bertz CT molecular complexity index is 1040. The third-order valence-corrected chi connectivity index (χ3v) is 4.47. The molecule has 7 heteroatoms. The van der Waals surface area contributed by atoms with E-state index in [0.29, 0.717) is 6.54 Å². The fourth-order valence-corrected chi connectivity index (χ4v) is 3.06. The quantitative estimate of drug-likeness (QED) is 0.393. The highest BCUT2D eigenvalue weighted by molar-refractivity contribution is 7.98. The maximum atomic E-state index is 5.11. The van der Waals surface area contributed by atoms with Crippen LogP contribution in [0.25, 0.3) is 22.5 Å². The highest BCUT2D eigenvalue weighted by Gasteiger charge is 2.08. The van der Waals surface area contributed by atoms with E-state index < -0.39 is 0 Å². The molecule has 0 fully saturated rings. The van der Waals surface area contributed by atoms with Gasteiger partial charge in [0.2, 0.25) is 0 Å². The molecule has 130 valence electrons. The van der Waals surface area contributed by atoms with Gasteiger partial charge in [-0.25, -0.2) is 9.97 Å². The summed E-state index contributed by atoms with van der Waals surface area (Å²) < 4.78 is 6.96. The van der Waals surface area contributed by atoms with Crippen molar-refractivity contribution in [1.29, 1.82) is 0 Å². The Morgan fingerprint density at radius 3 is 2.69 bits per heavy atom. The van der Waals surface area contributed by atoms with E-state index in [1.807, 2.05) is 60.5 Å². The fraction of sp³-hybridized carbons (Fsp3) is 0.158. The first kappa shape index (κ1) is 16.5. The van der Waals surface area contributed by atoms with E-state index >= 15 is 0 Å². The normalized spacial score (nSPS) is 11.0. The molecule has 0 aliphatic heterocycles. The second-order valence-electron chi connectivity index (χ2n) is 5.84. The molecule has 1 aromatic carbocycles. The van der Waals surface area contributed by atoms with Crippen molar-refractivity contribution in [2.75, 3.05) is 6.26 Å². The molecule has 0 atom stereocenters. The molecule has 3 heterocycles. The topological polar surface area (TPSA) is 69.6 Å². The molecule has 4 aromatic rings. The van der Waals surface area contributed by atoms with Crippen LogP contribution in [0.2, 0.25) is 0 Å². The van der Waals surface area contributed by atoms with Gasteiger partial charge >= 0.3 is 0 Å². The van der Waals surface area contributed by atoms with E-state index in [0.717, 1.165) is 39.1 Å². The van der Waals surface area contributed by atoms with Crippen LogP contribution in [0.1, 0.15) is 11.5 Å². The van der Waals surface area contributed by atoms with Gasteiger partial charge in [0.05, 0.1) is 17.9 Å². The summed E-state index contributed by atoms with van der Waals surface area (Å²) in [4.78, 5) is 8.80. The lowest BCUT2D eigenvalue weighted by molar-refractivity contribution is 0.388. The molecule has 0 saturated heterocycles. The summed E-state index contributed by atoms with van der Waals surface area (Å²) in [5.41, 5.74) is 4.76. The standard InChI is InChI=1S/C19H17N5OS/c1-13-10-16(23-25-13)12-24-9-7-18(22-24)15-5-3-4-14(11-15)17-6-8-20-19(21-17)26-2/h3-11H,12H2,1-2H3. The van der Waals surface area contributed by atoms with Gasteiger partial charge in [0.15, 0.2) is 5.16 Å². The first-order chi connectivity index (χ1) is 12.7. The second-order valence-corrected chi connectivity index (χ2v) is 6.61. The minimum Gasteiger partial charge on any atom is -0.361 e. The van der Waals surface area contributed by atoms with Gasteiger partial charge in [-0.05, 0) is 31.4 Å². The highest BCUT2D eigenvalue weighted by Crippen LogP contribution is 2.25. The van der Waals surface area contributed by atoms with Crippen LogP contribution in [0.3, 0.4) is 0 Å². The number of nitrogens with zero attached hydrogens (tertiary/aromatic N) is 5.